The van der Waals surface area contributed by atoms with Gasteiger partial charge in [0.25, 0.3) is 0 Å². The first-order valence-electron chi connectivity index (χ1n) is 6.46. The van der Waals surface area contributed by atoms with E-state index in [1.165, 1.54) is 45.3 Å². The number of hydrogen-bond donors (Lipinski definition) is 1. The minimum Gasteiger partial charge on any atom is -0.381 e. The van der Waals surface area contributed by atoms with Gasteiger partial charge in [-0.05, 0) is 38.1 Å². The predicted octanol–water partition coefficient (Wildman–Crippen LogP) is 0.849. The molecule has 0 aromatic heterocycles. The number of rotatable bonds is 4. The highest BCUT2D eigenvalue weighted by atomic mass is 16.5. The molecule has 0 spiro atoms. The second-order valence-electron chi connectivity index (χ2n) is 5.42. The zero-order chi connectivity index (χ0) is 10.1. The fourth-order valence-electron chi connectivity index (χ4n) is 2.81. The van der Waals surface area contributed by atoms with Crippen LogP contribution in [-0.4, -0.2) is 49.8 Å². The summed E-state index contributed by atoms with van der Waals surface area (Å²) in [5, 5.41) is 3.73. The molecule has 3 fully saturated rings. The Balaban J connectivity index is 1.39. The second-order valence-corrected chi connectivity index (χ2v) is 5.42. The van der Waals surface area contributed by atoms with Crippen molar-refractivity contribution in [3.8, 4) is 0 Å². The van der Waals surface area contributed by atoms with Gasteiger partial charge in [-0.2, -0.15) is 0 Å². The molecule has 0 bridgehead atoms. The summed E-state index contributed by atoms with van der Waals surface area (Å²) >= 11 is 0. The molecular weight excluding hydrogens is 188 g/mol. The third-order valence-corrected chi connectivity index (χ3v) is 3.86. The molecular formula is C12H22N2O. The van der Waals surface area contributed by atoms with Gasteiger partial charge in [-0.15, -0.1) is 0 Å². The lowest BCUT2D eigenvalue weighted by Crippen LogP contribution is -2.35. The zero-order valence-electron chi connectivity index (χ0n) is 9.45. The summed E-state index contributed by atoms with van der Waals surface area (Å²) in [6, 6.07) is 1.64. The number of hydrogen-bond acceptors (Lipinski definition) is 3. The van der Waals surface area contributed by atoms with Crippen molar-refractivity contribution >= 4 is 0 Å². The molecule has 2 unspecified atom stereocenters. The summed E-state index contributed by atoms with van der Waals surface area (Å²) in [6.45, 7) is 5.82. The molecule has 2 saturated heterocycles. The summed E-state index contributed by atoms with van der Waals surface area (Å²) in [7, 11) is 0. The van der Waals surface area contributed by atoms with Gasteiger partial charge in [0, 0.05) is 31.8 Å². The van der Waals surface area contributed by atoms with Crippen LogP contribution in [0.2, 0.25) is 0 Å². The molecule has 1 N–H and O–H groups in total. The fourth-order valence-corrected chi connectivity index (χ4v) is 2.81. The Kier molecular flexibility index (Phi) is 2.95. The molecule has 2 atom stereocenters. The van der Waals surface area contributed by atoms with Gasteiger partial charge in [0.1, 0.15) is 0 Å². The van der Waals surface area contributed by atoms with E-state index < -0.39 is 0 Å². The highest BCUT2D eigenvalue weighted by molar-refractivity contribution is 4.90. The summed E-state index contributed by atoms with van der Waals surface area (Å²) in [5.41, 5.74) is 0. The molecule has 1 saturated carbocycles. The lowest BCUT2D eigenvalue weighted by molar-refractivity contribution is 0.173. The SMILES string of the molecule is C1CC(CN2CCC(NC3CC3)C2)CO1. The van der Waals surface area contributed by atoms with E-state index in [4.69, 9.17) is 4.74 Å². The topological polar surface area (TPSA) is 24.5 Å². The molecule has 0 amide bonds. The van der Waals surface area contributed by atoms with Crippen LogP contribution >= 0.6 is 0 Å². The summed E-state index contributed by atoms with van der Waals surface area (Å²) in [5.74, 6) is 0.810. The maximum Gasteiger partial charge on any atom is 0.0507 e. The Hall–Kier alpha value is -0.120. The van der Waals surface area contributed by atoms with Gasteiger partial charge in [-0.25, -0.2) is 0 Å². The van der Waals surface area contributed by atoms with E-state index >= 15 is 0 Å². The van der Waals surface area contributed by atoms with Gasteiger partial charge in [-0.1, -0.05) is 0 Å². The molecule has 0 aromatic carbocycles. The van der Waals surface area contributed by atoms with Crippen LogP contribution in [-0.2, 0) is 4.74 Å². The van der Waals surface area contributed by atoms with Gasteiger partial charge in [0.2, 0.25) is 0 Å². The molecule has 1 aliphatic carbocycles. The highest BCUT2D eigenvalue weighted by Crippen LogP contribution is 2.23. The van der Waals surface area contributed by atoms with Crippen LogP contribution < -0.4 is 5.32 Å². The third kappa shape index (κ3) is 2.71. The maximum absolute atomic E-state index is 5.43. The molecule has 2 heterocycles. The normalized spacial score (nSPS) is 37.6. The van der Waals surface area contributed by atoms with E-state index in [-0.39, 0.29) is 0 Å². The smallest absolute Gasteiger partial charge is 0.0507 e. The van der Waals surface area contributed by atoms with Crippen molar-refractivity contribution in [3.63, 3.8) is 0 Å². The van der Waals surface area contributed by atoms with Crippen molar-refractivity contribution in [2.24, 2.45) is 5.92 Å². The van der Waals surface area contributed by atoms with Gasteiger partial charge in [-0.3, -0.25) is 0 Å². The molecule has 86 valence electrons. The van der Waals surface area contributed by atoms with E-state index in [2.05, 4.69) is 10.2 Å². The minimum atomic E-state index is 0.778. The second kappa shape index (κ2) is 4.40. The van der Waals surface area contributed by atoms with Crippen molar-refractivity contribution in [2.75, 3.05) is 32.8 Å². The lowest BCUT2D eigenvalue weighted by atomic mass is 10.1. The third-order valence-electron chi connectivity index (χ3n) is 3.86. The Morgan fingerprint density at radius 1 is 1.13 bits per heavy atom. The van der Waals surface area contributed by atoms with Crippen LogP contribution in [0, 0.1) is 5.92 Å². The largest absolute Gasteiger partial charge is 0.381 e. The minimum absolute atomic E-state index is 0.778. The Morgan fingerprint density at radius 2 is 2.07 bits per heavy atom. The first-order valence-corrected chi connectivity index (χ1v) is 6.46. The van der Waals surface area contributed by atoms with Crippen LogP contribution in [0.5, 0.6) is 0 Å². The van der Waals surface area contributed by atoms with Crippen LogP contribution in [0.1, 0.15) is 25.7 Å². The molecule has 3 aliphatic rings. The number of nitrogens with one attached hydrogen (secondary N) is 1. The van der Waals surface area contributed by atoms with E-state index in [0.717, 1.165) is 31.2 Å². The zero-order valence-corrected chi connectivity index (χ0v) is 9.45. The summed E-state index contributed by atoms with van der Waals surface area (Å²) < 4.78 is 5.43. The Morgan fingerprint density at radius 3 is 2.80 bits per heavy atom. The van der Waals surface area contributed by atoms with Crippen LogP contribution in [0.25, 0.3) is 0 Å². The molecule has 3 rings (SSSR count). The van der Waals surface area contributed by atoms with Crippen molar-refractivity contribution in [1.82, 2.24) is 10.2 Å². The van der Waals surface area contributed by atoms with Crippen LogP contribution in [0.3, 0.4) is 0 Å². The van der Waals surface area contributed by atoms with Gasteiger partial charge >= 0.3 is 0 Å². The van der Waals surface area contributed by atoms with Gasteiger partial charge in [0.05, 0.1) is 6.61 Å². The quantitative estimate of drug-likeness (QED) is 0.744. The molecule has 3 heteroatoms. The standard InChI is InChI=1S/C12H22N2O/c1-2-11(1)13-12-3-5-14(8-12)7-10-4-6-15-9-10/h10-13H,1-9H2. The number of nitrogens with zero attached hydrogens (tertiary/aromatic N) is 1. The van der Waals surface area contributed by atoms with Gasteiger partial charge in [0.15, 0.2) is 0 Å². The summed E-state index contributed by atoms with van der Waals surface area (Å²) in [6.07, 6.45) is 5.45. The number of likely N-dealkylation sites (tertiary alicyclic amines) is 1. The molecule has 3 nitrogen and oxygen atoms in total. The average molecular weight is 210 g/mol. The average Bonchev–Trinajstić information content (AvgIpc) is 2.74. The Bertz CT molecular complexity index is 212. The molecule has 2 aliphatic heterocycles. The first-order chi connectivity index (χ1) is 7.40. The maximum atomic E-state index is 5.43. The van der Waals surface area contributed by atoms with Gasteiger partial charge < -0.3 is 15.0 Å². The van der Waals surface area contributed by atoms with Crippen molar-refractivity contribution < 1.29 is 4.74 Å². The van der Waals surface area contributed by atoms with E-state index in [1.807, 2.05) is 0 Å². The monoisotopic (exact) mass is 210 g/mol. The first kappa shape index (κ1) is 10.1. The highest BCUT2D eigenvalue weighted by Gasteiger charge is 2.30. The van der Waals surface area contributed by atoms with E-state index in [1.54, 1.807) is 0 Å². The van der Waals surface area contributed by atoms with Crippen molar-refractivity contribution in [3.05, 3.63) is 0 Å². The molecule has 0 radical (unpaired) electrons. The van der Waals surface area contributed by atoms with Crippen molar-refractivity contribution in [2.45, 2.75) is 37.8 Å². The summed E-state index contributed by atoms with van der Waals surface area (Å²) in [4.78, 5) is 2.62. The van der Waals surface area contributed by atoms with Crippen LogP contribution in [0.4, 0.5) is 0 Å². The van der Waals surface area contributed by atoms with E-state index in [9.17, 15) is 0 Å². The van der Waals surface area contributed by atoms with Crippen LogP contribution in [0.15, 0.2) is 0 Å². The molecule has 15 heavy (non-hydrogen) atoms. The predicted molar refractivity (Wildman–Crippen MR) is 59.9 cm³/mol. The Labute approximate surface area is 92.2 Å². The van der Waals surface area contributed by atoms with Crippen molar-refractivity contribution in [1.29, 1.82) is 0 Å². The lowest BCUT2D eigenvalue weighted by Gasteiger charge is -2.19. The fraction of sp³-hybridized carbons (Fsp3) is 1.00. The molecule has 0 aromatic rings. The van der Waals surface area contributed by atoms with E-state index in [0.29, 0.717) is 0 Å². The number of ether oxygens (including phenoxy) is 1.